The molecule has 0 radical (unpaired) electrons. The van der Waals surface area contributed by atoms with Crippen LogP contribution in [0, 0.1) is 0 Å². The van der Waals surface area contributed by atoms with E-state index in [0.717, 1.165) is 0 Å². The maximum absolute atomic E-state index is 14.8. The van der Waals surface area contributed by atoms with Gasteiger partial charge in [0.1, 0.15) is 23.6 Å². The number of aromatic nitrogens is 8. The van der Waals surface area contributed by atoms with Gasteiger partial charge in [-0.1, -0.05) is 0 Å². The molecule has 1 aliphatic heterocycles. The molecule has 1 saturated heterocycles. The number of halogens is 4. The average molecular weight is 594 g/mol. The number of ether oxygens (including phenoxy) is 1. The minimum absolute atomic E-state index is 0.144. The Hall–Kier alpha value is -4.94. The molecule has 3 atom stereocenters. The highest BCUT2D eigenvalue weighted by atomic mass is 19.4. The summed E-state index contributed by atoms with van der Waals surface area (Å²) >= 11 is 0. The normalized spacial score (nSPS) is 18.7. The number of alkyl halides is 4. The Morgan fingerprint density at radius 3 is 2.60 bits per heavy atom. The third-order valence-corrected chi connectivity index (χ3v) is 6.85. The molecule has 0 aliphatic carbocycles. The molecule has 4 aromatic heterocycles. The van der Waals surface area contributed by atoms with Crippen LogP contribution in [0.5, 0.6) is 5.88 Å². The number of hydrogen-bond acceptors (Lipinski definition) is 11. The first-order valence-corrected chi connectivity index (χ1v) is 12.2. The third-order valence-electron chi connectivity index (χ3n) is 6.85. The van der Waals surface area contributed by atoms with E-state index >= 15 is 0 Å². The number of tetrazole rings is 1. The van der Waals surface area contributed by atoms with Crippen LogP contribution in [-0.2, 0) is 11.8 Å². The van der Waals surface area contributed by atoms with Crippen LogP contribution in [0.2, 0.25) is 0 Å². The molecule has 1 aliphatic rings. The van der Waals surface area contributed by atoms with Gasteiger partial charge in [0, 0.05) is 30.9 Å². The smallest absolute Gasteiger partial charge is 0.426 e. The van der Waals surface area contributed by atoms with E-state index < -0.39 is 48.9 Å². The Morgan fingerprint density at radius 1 is 1.21 bits per heavy atom. The molecule has 0 saturated carbocycles. The molecule has 1 unspecified atom stereocenters. The molecule has 222 valence electrons. The lowest BCUT2D eigenvalue weighted by Crippen LogP contribution is -2.56. The van der Waals surface area contributed by atoms with E-state index in [1.165, 1.54) is 34.9 Å². The predicted molar refractivity (Wildman–Crippen MR) is 134 cm³/mol. The number of hydrogen-bond donors (Lipinski definition) is 3. The van der Waals surface area contributed by atoms with E-state index in [1.807, 2.05) is 0 Å². The summed E-state index contributed by atoms with van der Waals surface area (Å²) in [7, 11) is 2.86. The van der Waals surface area contributed by atoms with Crippen molar-refractivity contribution < 1.29 is 37.0 Å². The molecular formula is C23H23F4N11O4. The van der Waals surface area contributed by atoms with Gasteiger partial charge < -0.3 is 25.8 Å². The van der Waals surface area contributed by atoms with E-state index in [2.05, 4.69) is 35.9 Å². The molecule has 4 aromatic rings. The number of nitrogens with one attached hydrogen (secondary N) is 1. The molecule has 19 heteroatoms. The second-order valence-electron chi connectivity index (χ2n) is 9.63. The number of nitrogens with two attached hydrogens (primary N) is 1. The van der Waals surface area contributed by atoms with Crippen molar-refractivity contribution in [3.63, 3.8) is 0 Å². The van der Waals surface area contributed by atoms with Crippen LogP contribution >= 0.6 is 0 Å². The summed E-state index contributed by atoms with van der Waals surface area (Å²) in [4.78, 5) is 34.4. The number of carbonyl (C=O) groups excluding carboxylic acids is 2. The van der Waals surface area contributed by atoms with Gasteiger partial charge in [-0.2, -0.15) is 18.3 Å². The highest BCUT2D eigenvalue weighted by Crippen LogP contribution is 2.36. The first-order chi connectivity index (χ1) is 19.7. The number of aliphatic hydroxyl groups is 1. The predicted octanol–water partition coefficient (Wildman–Crippen LogP) is 0.165. The fourth-order valence-electron chi connectivity index (χ4n) is 4.56. The van der Waals surface area contributed by atoms with Gasteiger partial charge >= 0.3 is 6.18 Å². The minimum atomic E-state index is -5.28. The standard InChI is InChI=1S/C23H23F4N11O4/c1-22(41,23(25,26)27)21(40)37-7-13(24)14(8-37)32-19(39)12-4-10(6-29-20(12)42-3)16-11(18-33-34-35-36(18)2)5-15-17(28)30-9-31-38(15)16/h4-6,9,13-14,41H,7-8H2,1-3H3,(H,32,39)(H2,28,30,31)/t13-,14+,22?/m0/s1. The molecule has 5 heterocycles. The van der Waals surface area contributed by atoms with Crippen LogP contribution in [0.1, 0.15) is 17.3 Å². The van der Waals surface area contributed by atoms with Crippen LogP contribution < -0.4 is 15.8 Å². The second-order valence-corrected chi connectivity index (χ2v) is 9.63. The lowest BCUT2D eigenvalue weighted by atomic mass is 10.1. The van der Waals surface area contributed by atoms with E-state index in [1.54, 1.807) is 13.1 Å². The number of nitrogens with zero attached hydrogens (tertiary/aromatic N) is 9. The van der Waals surface area contributed by atoms with Gasteiger partial charge in [0.2, 0.25) is 11.5 Å². The van der Waals surface area contributed by atoms with Gasteiger partial charge in [0.25, 0.3) is 11.8 Å². The minimum Gasteiger partial charge on any atom is -0.480 e. The Morgan fingerprint density at radius 2 is 1.95 bits per heavy atom. The van der Waals surface area contributed by atoms with E-state index in [-0.39, 0.29) is 24.2 Å². The summed E-state index contributed by atoms with van der Waals surface area (Å²) in [6, 6.07) is 1.64. The van der Waals surface area contributed by atoms with Crippen LogP contribution in [0.3, 0.4) is 0 Å². The monoisotopic (exact) mass is 593 g/mol. The third kappa shape index (κ3) is 4.70. The molecule has 0 bridgehead atoms. The Labute approximate surface area is 233 Å². The zero-order valence-corrected chi connectivity index (χ0v) is 22.2. The van der Waals surface area contributed by atoms with Crippen molar-refractivity contribution in [2.75, 3.05) is 25.9 Å². The van der Waals surface area contributed by atoms with Gasteiger partial charge in [-0.15, -0.1) is 5.10 Å². The molecule has 0 spiro atoms. The SMILES string of the molecule is COc1ncc(-c2c(-c3nnnn3C)cc3c(N)ncnn23)cc1C(=O)N[C@@H]1CN(C(=O)C(C)(O)C(F)(F)F)C[C@@H]1F. The van der Waals surface area contributed by atoms with Crippen molar-refractivity contribution in [2.24, 2.45) is 7.05 Å². The summed E-state index contributed by atoms with van der Waals surface area (Å²) < 4.78 is 62.4. The molecule has 1 fully saturated rings. The number of pyridine rings is 1. The summed E-state index contributed by atoms with van der Waals surface area (Å²) in [6.45, 7) is -1.10. The molecular weight excluding hydrogens is 570 g/mol. The fraction of sp³-hybridized carbons (Fsp3) is 0.391. The largest absolute Gasteiger partial charge is 0.480 e. The maximum atomic E-state index is 14.8. The number of aryl methyl sites for hydroxylation is 1. The van der Waals surface area contributed by atoms with Crippen LogP contribution in [0.25, 0.3) is 28.2 Å². The molecule has 15 nitrogen and oxygen atoms in total. The molecule has 42 heavy (non-hydrogen) atoms. The summed E-state index contributed by atoms with van der Waals surface area (Å²) in [5, 5.41) is 27.9. The molecule has 5 rings (SSSR count). The number of methoxy groups -OCH3 is 1. The van der Waals surface area contributed by atoms with Gasteiger partial charge in [-0.25, -0.2) is 23.6 Å². The number of fused-ring (bicyclic) bond motifs is 1. The maximum Gasteiger partial charge on any atom is 0.426 e. The zero-order valence-electron chi connectivity index (χ0n) is 22.2. The number of carbonyl (C=O) groups is 2. The summed E-state index contributed by atoms with van der Waals surface area (Å²) in [5.41, 5.74) is 3.71. The van der Waals surface area contributed by atoms with E-state index in [9.17, 15) is 32.3 Å². The van der Waals surface area contributed by atoms with Gasteiger partial charge in [-0.3, -0.25) is 9.59 Å². The van der Waals surface area contributed by atoms with E-state index in [0.29, 0.717) is 33.1 Å². The zero-order chi connectivity index (χ0) is 30.6. The lowest BCUT2D eigenvalue weighted by molar-refractivity contribution is -0.249. The average Bonchev–Trinajstić information content (AvgIpc) is 3.64. The first-order valence-electron chi connectivity index (χ1n) is 12.2. The number of nitrogen functional groups attached to an aromatic ring is 1. The van der Waals surface area contributed by atoms with Crippen molar-refractivity contribution in [3.05, 3.63) is 30.2 Å². The van der Waals surface area contributed by atoms with Crippen LogP contribution in [0.4, 0.5) is 23.4 Å². The van der Waals surface area contributed by atoms with Crippen molar-refractivity contribution in [1.82, 2.24) is 50.0 Å². The molecule has 0 aromatic carbocycles. The fourth-order valence-corrected chi connectivity index (χ4v) is 4.56. The van der Waals surface area contributed by atoms with Crippen molar-refractivity contribution >= 4 is 23.1 Å². The van der Waals surface area contributed by atoms with Gasteiger partial charge in [-0.05, 0) is 29.5 Å². The quantitative estimate of drug-likeness (QED) is 0.258. The number of amides is 2. The summed E-state index contributed by atoms with van der Waals surface area (Å²) in [6.07, 6.45) is -4.60. The number of rotatable bonds is 6. The van der Waals surface area contributed by atoms with Gasteiger partial charge in [0.15, 0.2) is 11.6 Å². The first kappa shape index (κ1) is 28.6. The van der Waals surface area contributed by atoms with Crippen LogP contribution in [-0.4, -0.2) is 106 Å². The van der Waals surface area contributed by atoms with Gasteiger partial charge in [0.05, 0.1) is 25.4 Å². The lowest BCUT2D eigenvalue weighted by Gasteiger charge is -2.29. The van der Waals surface area contributed by atoms with E-state index in [4.69, 9.17) is 10.5 Å². The Kier molecular flexibility index (Phi) is 6.91. The van der Waals surface area contributed by atoms with Crippen molar-refractivity contribution in [1.29, 1.82) is 0 Å². The molecule has 4 N–H and O–H groups in total. The molecule has 2 amide bonds. The number of anilines is 1. The Bertz CT molecular complexity index is 1690. The second kappa shape index (κ2) is 10.2. The number of likely N-dealkylation sites (tertiary alicyclic amines) is 1. The van der Waals surface area contributed by atoms with Crippen LogP contribution in [0.15, 0.2) is 24.7 Å². The van der Waals surface area contributed by atoms with Crippen molar-refractivity contribution in [3.8, 4) is 28.5 Å². The highest BCUT2D eigenvalue weighted by molar-refractivity contribution is 5.98. The summed E-state index contributed by atoms with van der Waals surface area (Å²) in [5.74, 6) is -2.30. The van der Waals surface area contributed by atoms with Crippen molar-refractivity contribution in [2.45, 2.75) is 30.9 Å². The highest BCUT2D eigenvalue weighted by Gasteiger charge is 2.58. The topological polar surface area (TPSA) is 192 Å². The Balaban J connectivity index is 1.49.